The molecule has 2 N–H and O–H groups in total. The van der Waals surface area contributed by atoms with E-state index in [9.17, 15) is 0 Å². The van der Waals surface area contributed by atoms with Crippen molar-refractivity contribution in [1.82, 2.24) is 19.9 Å². The van der Waals surface area contributed by atoms with Crippen LogP contribution in [0.5, 0.6) is 0 Å². The second kappa shape index (κ2) is 6.32. The number of aromatic amines is 1. The zero-order valence-electron chi connectivity index (χ0n) is 11.8. The predicted molar refractivity (Wildman–Crippen MR) is 80.8 cm³/mol. The van der Waals surface area contributed by atoms with Gasteiger partial charge in [0.25, 0.3) is 0 Å². The monoisotopic (exact) mass is 283 g/mol. The SMILES string of the molecule is CCOCc1cccc(CNc2ncnc3nc[nH]c23)c1. The first kappa shape index (κ1) is 13.5. The molecule has 108 valence electrons. The molecule has 3 aromatic rings. The van der Waals surface area contributed by atoms with Gasteiger partial charge in [-0.1, -0.05) is 24.3 Å². The maximum atomic E-state index is 5.43. The van der Waals surface area contributed by atoms with Gasteiger partial charge in [0.2, 0.25) is 0 Å². The van der Waals surface area contributed by atoms with Crippen molar-refractivity contribution in [3.05, 3.63) is 48.0 Å². The topological polar surface area (TPSA) is 75.7 Å². The van der Waals surface area contributed by atoms with Crippen LogP contribution < -0.4 is 5.32 Å². The highest BCUT2D eigenvalue weighted by atomic mass is 16.5. The van der Waals surface area contributed by atoms with Crippen LogP contribution in [0.1, 0.15) is 18.1 Å². The summed E-state index contributed by atoms with van der Waals surface area (Å²) >= 11 is 0. The Morgan fingerprint density at radius 2 is 2.10 bits per heavy atom. The molecule has 0 bridgehead atoms. The van der Waals surface area contributed by atoms with E-state index < -0.39 is 0 Å². The van der Waals surface area contributed by atoms with Crippen molar-refractivity contribution < 1.29 is 4.74 Å². The van der Waals surface area contributed by atoms with Crippen LogP contribution in [0.3, 0.4) is 0 Å². The van der Waals surface area contributed by atoms with Crippen molar-refractivity contribution in [3.8, 4) is 0 Å². The Kier molecular flexibility index (Phi) is 4.07. The van der Waals surface area contributed by atoms with Gasteiger partial charge >= 0.3 is 0 Å². The Balaban J connectivity index is 1.71. The highest BCUT2D eigenvalue weighted by Crippen LogP contribution is 2.16. The molecule has 21 heavy (non-hydrogen) atoms. The number of imidazole rings is 1. The fraction of sp³-hybridized carbons (Fsp3) is 0.267. The van der Waals surface area contributed by atoms with Crippen LogP contribution in [0.15, 0.2) is 36.9 Å². The van der Waals surface area contributed by atoms with Gasteiger partial charge in [-0.15, -0.1) is 0 Å². The molecule has 0 fully saturated rings. The van der Waals surface area contributed by atoms with Crippen LogP contribution >= 0.6 is 0 Å². The van der Waals surface area contributed by atoms with E-state index in [1.165, 1.54) is 17.5 Å². The summed E-state index contributed by atoms with van der Waals surface area (Å²) in [6.07, 6.45) is 3.13. The number of H-pyrrole nitrogens is 1. The van der Waals surface area contributed by atoms with Gasteiger partial charge in [-0.25, -0.2) is 15.0 Å². The van der Waals surface area contributed by atoms with Crippen molar-refractivity contribution in [2.24, 2.45) is 0 Å². The Morgan fingerprint density at radius 3 is 3.00 bits per heavy atom. The van der Waals surface area contributed by atoms with Crippen LogP contribution in [-0.2, 0) is 17.9 Å². The number of hydrogen-bond acceptors (Lipinski definition) is 5. The number of nitrogens with one attached hydrogen (secondary N) is 2. The van der Waals surface area contributed by atoms with Crippen molar-refractivity contribution in [1.29, 1.82) is 0 Å². The molecule has 0 saturated heterocycles. The van der Waals surface area contributed by atoms with Crippen molar-refractivity contribution in [2.45, 2.75) is 20.1 Å². The molecule has 0 atom stereocenters. The van der Waals surface area contributed by atoms with Gasteiger partial charge in [0.15, 0.2) is 11.5 Å². The molecule has 0 radical (unpaired) electrons. The lowest BCUT2D eigenvalue weighted by Crippen LogP contribution is -2.03. The minimum atomic E-state index is 0.642. The molecule has 2 aromatic heterocycles. The van der Waals surface area contributed by atoms with Crippen LogP contribution in [-0.4, -0.2) is 26.5 Å². The van der Waals surface area contributed by atoms with Gasteiger partial charge in [0, 0.05) is 13.2 Å². The van der Waals surface area contributed by atoms with E-state index in [1.807, 2.05) is 13.0 Å². The second-order valence-corrected chi connectivity index (χ2v) is 4.63. The molecule has 2 heterocycles. The molecule has 6 heteroatoms. The van der Waals surface area contributed by atoms with Gasteiger partial charge in [0.05, 0.1) is 12.9 Å². The van der Waals surface area contributed by atoms with E-state index in [4.69, 9.17) is 4.74 Å². The molecule has 0 unspecified atom stereocenters. The van der Waals surface area contributed by atoms with Gasteiger partial charge in [-0.3, -0.25) is 0 Å². The van der Waals surface area contributed by atoms with E-state index >= 15 is 0 Å². The van der Waals surface area contributed by atoms with Gasteiger partial charge in [-0.2, -0.15) is 0 Å². The number of ether oxygens (including phenoxy) is 1. The maximum Gasteiger partial charge on any atom is 0.182 e. The quantitative estimate of drug-likeness (QED) is 0.727. The van der Waals surface area contributed by atoms with Gasteiger partial charge < -0.3 is 15.0 Å². The molecular formula is C15H17N5O. The zero-order valence-corrected chi connectivity index (χ0v) is 11.8. The molecule has 1 aromatic carbocycles. The molecule has 0 amide bonds. The maximum absolute atomic E-state index is 5.43. The first-order valence-electron chi connectivity index (χ1n) is 6.90. The summed E-state index contributed by atoms with van der Waals surface area (Å²) in [5.41, 5.74) is 3.84. The average Bonchev–Trinajstić information content (AvgIpc) is 3.00. The highest BCUT2D eigenvalue weighted by molar-refractivity contribution is 5.81. The Bertz CT molecular complexity index is 725. The number of benzene rings is 1. The lowest BCUT2D eigenvalue weighted by molar-refractivity contribution is 0.134. The number of anilines is 1. The largest absolute Gasteiger partial charge is 0.377 e. The molecule has 6 nitrogen and oxygen atoms in total. The third-order valence-electron chi connectivity index (χ3n) is 3.15. The average molecular weight is 283 g/mol. The molecule has 0 spiro atoms. The number of nitrogens with zero attached hydrogens (tertiary/aromatic N) is 3. The van der Waals surface area contributed by atoms with E-state index in [0.29, 0.717) is 18.8 Å². The summed E-state index contributed by atoms with van der Waals surface area (Å²) in [6.45, 7) is 4.05. The minimum absolute atomic E-state index is 0.642. The second-order valence-electron chi connectivity index (χ2n) is 4.63. The summed E-state index contributed by atoms with van der Waals surface area (Å²) in [7, 11) is 0. The van der Waals surface area contributed by atoms with Crippen LogP contribution in [0.2, 0.25) is 0 Å². The standard InChI is InChI=1S/C15H17N5O/c1-2-21-8-12-5-3-4-11(6-12)7-16-14-13-15(18-9-17-13)20-10-19-14/h3-6,9-10H,2,7-8H2,1H3,(H2,16,17,18,19,20). The summed E-state index contributed by atoms with van der Waals surface area (Å²) in [5, 5.41) is 3.31. The van der Waals surface area contributed by atoms with Gasteiger partial charge in [0.1, 0.15) is 11.8 Å². The zero-order chi connectivity index (χ0) is 14.5. The van der Waals surface area contributed by atoms with Crippen molar-refractivity contribution >= 4 is 17.0 Å². The van der Waals surface area contributed by atoms with E-state index in [0.717, 1.165) is 17.9 Å². The van der Waals surface area contributed by atoms with E-state index in [-0.39, 0.29) is 0 Å². The highest BCUT2D eigenvalue weighted by Gasteiger charge is 2.05. The summed E-state index contributed by atoms with van der Waals surface area (Å²) in [4.78, 5) is 15.5. The summed E-state index contributed by atoms with van der Waals surface area (Å²) in [5.74, 6) is 0.757. The normalized spacial score (nSPS) is 10.9. The van der Waals surface area contributed by atoms with Crippen LogP contribution in [0.25, 0.3) is 11.2 Å². The first-order chi connectivity index (χ1) is 10.4. The lowest BCUT2D eigenvalue weighted by atomic mass is 10.1. The number of fused-ring (bicyclic) bond motifs is 1. The molecule has 0 aliphatic rings. The molecule has 0 saturated carbocycles. The third-order valence-corrected chi connectivity index (χ3v) is 3.15. The summed E-state index contributed by atoms with van der Waals surface area (Å²) in [6, 6.07) is 8.32. The molecule has 0 aliphatic carbocycles. The fourth-order valence-electron chi connectivity index (χ4n) is 2.13. The Morgan fingerprint density at radius 1 is 1.19 bits per heavy atom. The van der Waals surface area contributed by atoms with E-state index in [1.54, 1.807) is 6.33 Å². The Labute approximate surface area is 122 Å². The van der Waals surface area contributed by atoms with Crippen molar-refractivity contribution in [2.75, 3.05) is 11.9 Å². The number of hydrogen-bond donors (Lipinski definition) is 2. The smallest absolute Gasteiger partial charge is 0.182 e. The van der Waals surface area contributed by atoms with E-state index in [2.05, 4.69) is 43.5 Å². The molecule has 3 rings (SSSR count). The Hall–Kier alpha value is -2.47. The predicted octanol–water partition coefficient (Wildman–Crippen LogP) is 2.50. The number of aromatic nitrogens is 4. The molecule has 0 aliphatic heterocycles. The van der Waals surface area contributed by atoms with Crippen LogP contribution in [0, 0.1) is 0 Å². The fourth-order valence-corrected chi connectivity index (χ4v) is 2.13. The van der Waals surface area contributed by atoms with Crippen LogP contribution in [0.4, 0.5) is 5.82 Å². The lowest BCUT2D eigenvalue weighted by Gasteiger charge is -2.08. The first-order valence-corrected chi connectivity index (χ1v) is 6.90. The number of rotatable bonds is 6. The summed E-state index contributed by atoms with van der Waals surface area (Å²) < 4.78 is 5.43. The third kappa shape index (κ3) is 3.17. The van der Waals surface area contributed by atoms with Gasteiger partial charge in [-0.05, 0) is 18.1 Å². The minimum Gasteiger partial charge on any atom is -0.377 e. The van der Waals surface area contributed by atoms with Crippen molar-refractivity contribution in [3.63, 3.8) is 0 Å². The molecular weight excluding hydrogens is 266 g/mol.